The predicted octanol–water partition coefficient (Wildman–Crippen LogP) is 13.0. The van der Waals surface area contributed by atoms with Crippen LogP contribution >= 0.6 is 0 Å². The van der Waals surface area contributed by atoms with Crippen LogP contribution in [-0.4, -0.2) is 26.2 Å². The molecule has 0 saturated heterocycles. The van der Waals surface area contributed by atoms with Crippen LogP contribution in [0.2, 0.25) is 8.45 Å². The zero-order chi connectivity index (χ0) is 40.9. The fraction of sp³-hybridized carbons (Fsp3) is 0.583. The van der Waals surface area contributed by atoms with Crippen LogP contribution < -0.4 is 17.5 Å². The summed E-state index contributed by atoms with van der Waals surface area (Å²) in [4.78, 5) is 4.16. The van der Waals surface area contributed by atoms with Crippen molar-refractivity contribution in [1.29, 1.82) is 0 Å². The van der Waals surface area contributed by atoms with E-state index in [4.69, 9.17) is 0 Å². The first-order valence-corrected chi connectivity index (χ1v) is 24.3. The summed E-state index contributed by atoms with van der Waals surface area (Å²) >= 11 is -5.00. The van der Waals surface area contributed by atoms with Gasteiger partial charge in [0.05, 0.1) is 0 Å². The van der Waals surface area contributed by atoms with Gasteiger partial charge in [-0.25, -0.2) is 0 Å². The van der Waals surface area contributed by atoms with Crippen molar-refractivity contribution in [2.24, 2.45) is 34.5 Å². The number of anilines is 2. The molecule has 0 aromatic heterocycles. The Morgan fingerprint density at radius 1 is 0.564 bits per heavy atom. The Labute approximate surface area is 335 Å². The van der Waals surface area contributed by atoms with E-state index in [0.29, 0.717) is 49.4 Å². The van der Waals surface area contributed by atoms with Gasteiger partial charge in [-0.15, -0.1) is 0 Å². The maximum absolute atomic E-state index is 18.2. The average Bonchev–Trinajstić information content (AvgIpc) is 3.82. The molecule has 0 spiro atoms. The first-order valence-electron chi connectivity index (χ1n) is 20.9. The normalized spacial score (nSPS) is 16.3. The molecule has 0 N–H and O–H groups in total. The fourth-order valence-corrected chi connectivity index (χ4v) is 17.9. The van der Waals surface area contributed by atoms with E-state index in [9.17, 15) is 0 Å². The van der Waals surface area contributed by atoms with Crippen molar-refractivity contribution in [3.63, 3.8) is 0 Å². The van der Waals surface area contributed by atoms with Crippen LogP contribution in [0, 0.1) is 57.8 Å². The SMILES string of the molecule is CCC(C)(C)CN(CC(C)CC(C)C)c1ccc(F)[c]([Ti]([c]2c(F)ccc(N(CC(C)CC(C)C)CC(C)(C)CC)c2F)([CH]2C=CC=C2)[CH]2C=CC=C2)c1F. The van der Waals surface area contributed by atoms with Crippen molar-refractivity contribution in [3.05, 3.63) is 96.1 Å². The van der Waals surface area contributed by atoms with Gasteiger partial charge in [-0.1, -0.05) is 0 Å². The molecular formula is C48H70F4N2Ti. The summed E-state index contributed by atoms with van der Waals surface area (Å²) in [6, 6.07) is 5.84. The fourth-order valence-electron chi connectivity index (χ4n) is 9.08. The molecule has 0 fully saturated rings. The van der Waals surface area contributed by atoms with Gasteiger partial charge in [-0.3, -0.25) is 0 Å². The number of rotatable bonds is 20. The van der Waals surface area contributed by atoms with Crippen LogP contribution in [0.25, 0.3) is 0 Å². The van der Waals surface area contributed by atoms with E-state index in [2.05, 4.69) is 92.9 Å². The zero-order valence-electron chi connectivity index (χ0n) is 36.0. The molecule has 0 amide bonds. The molecular weight excluding hydrogens is 728 g/mol. The van der Waals surface area contributed by atoms with Gasteiger partial charge < -0.3 is 0 Å². The first kappa shape index (κ1) is 45.1. The molecule has 7 heteroatoms. The van der Waals surface area contributed by atoms with Gasteiger partial charge in [0.2, 0.25) is 0 Å². The van der Waals surface area contributed by atoms with Crippen molar-refractivity contribution < 1.29 is 34.2 Å². The standard InChI is InChI=1S/2C19H30F2N.2C5H5.Ti/c2*1-7-19(5,6)13-22(12-15(4)10-14(2)3)18-9-8-16(20)11-17(18)21;2*1-2-4-5-3-1;/h2*8-9,14-15H,7,10,12-13H2,1-6H3;2*1-5H;. The third-order valence-corrected chi connectivity index (χ3v) is 20.7. The van der Waals surface area contributed by atoms with Crippen LogP contribution in [0.15, 0.2) is 72.9 Å². The van der Waals surface area contributed by atoms with E-state index >= 15 is 17.6 Å². The molecule has 0 aliphatic heterocycles. The topological polar surface area (TPSA) is 6.48 Å². The van der Waals surface area contributed by atoms with Gasteiger partial charge in [0.25, 0.3) is 0 Å². The third kappa shape index (κ3) is 10.5. The number of allylic oxidation sites excluding steroid dienone is 8. The molecule has 0 saturated carbocycles. The van der Waals surface area contributed by atoms with Gasteiger partial charge in [0.15, 0.2) is 0 Å². The Morgan fingerprint density at radius 2 is 0.891 bits per heavy atom. The molecule has 2 atom stereocenters. The van der Waals surface area contributed by atoms with Gasteiger partial charge in [0.1, 0.15) is 0 Å². The van der Waals surface area contributed by atoms with Crippen LogP contribution in [0.5, 0.6) is 0 Å². The van der Waals surface area contributed by atoms with Gasteiger partial charge in [-0.2, -0.15) is 0 Å². The summed E-state index contributed by atoms with van der Waals surface area (Å²) in [6.07, 6.45) is 18.8. The zero-order valence-corrected chi connectivity index (χ0v) is 37.5. The Kier molecular flexibility index (Phi) is 15.4. The van der Waals surface area contributed by atoms with Gasteiger partial charge in [0, 0.05) is 0 Å². The molecule has 4 rings (SSSR count). The van der Waals surface area contributed by atoms with Crippen LogP contribution in [0.3, 0.4) is 0 Å². The van der Waals surface area contributed by atoms with Crippen LogP contribution in [0.4, 0.5) is 28.9 Å². The number of benzene rings is 2. The van der Waals surface area contributed by atoms with Crippen molar-refractivity contribution in [1.82, 2.24) is 0 Å². The molecule has 0 heterocycles. The van der Waals surface area contributed by atoms with Gasteiger partial charge in [-0.05, 0) is 0 Å². The molecule has 2 aromatic carbocycles. The number of hydrogen-bond donors (Lipinski definition) is 0. The molecule has 2 nitrogen and oxygen atoms in total. The molecule has 0 radical (unpaired) electrons. The Bertz CT molecular complexity index is 1570. The summed E-state index contributed by atoms with van der Waals surface area (Å²) in [5, 5.41) is 0. The molecule has 2 aromatic rings. The average molecular weight is 799 g/mol. The molecule has 0 bridgehead atoms. The number of halogens is 4. The Balaban J connectivity index is 2.10. The maximum atomic E-state index is 18.2. The van der Waals surface area contributed by atoms with Gasteiger partial charge >= 0.3 is 337 Å². The minimum absolute atomic E-state index is 0.112. The monoisotopic (exact) mass is 798 g/mol. The third-order valence-electron chi connectivity index (χ3n) is 12.2. The van der Waals surface area contributed by atoms with E-state index in [0.717, 1.165) is 25.7 Å². The first-order chi connectivity index (χ1) is 25.8. The molecule has 55 heavy (non-hydrogen) atoms. The Hall–Kier alpha value is -2.57. The number of nitrogens with zero attached hydrogens (tertiary/aromatic N) is 2. The second-order valence-corrected chi connectivity index (χ2v) is 25.6. The second kappa shape index (κ2) is 18.8. The molecule has 2 aliphatic carbocycles. The number of hydrogen-bond acceptors (Lipinski definition) is 2. The van der Waals surface area contributed by atoms with E-state index in [1.807, 2.05) is 48.6 Å². The van der Waals surface area contributed by atoms with Crippen LogP contribution in [0.1, 0.15) is 109 Å². The van der Waals surface area contributed by atoms with E-state index in [1.54, 1.807) is 12.1 Å². The summed E-state index contributed by atoms with van der Waals surface area (Å²) in [6.45, 7) is 28.4. The van der Waals surface area contributed by atoms with Crippen molar-refractivity contribution >= 4 is 19.1 Å². The van der Waals surface area contributed by atoms with Crippen molar-refractivity contribution in [2.45, 2.75) is 117 Å². The van der Waals surface area contributed by atoms with E-state index in [1.165, 1.54) is 12.1 Å². The van der Waals surface area contributed by atoms with Crippen molar-refractivity contribution in [2.75, 3.05) is 36.0 Å². The Morgan fingerprint density at radius 3 is 1.18 bits per heavy atom. The van der Waals surface area contributed by atoms with Crippen molar-refractivity contribution in [3.8, 4) is 0 Å². The van der Waals surface area contributed by atoms with Crippen LogP contribution in [-0.2, 0) is 16.6 Å². The molecule has 2 aliphatic rings. The van der Waals surface area contributed by atoms with E-state index in [-0.39, 0.29) is 30.4 Å². The predicted molar refractivity (Wildman–Crippen MR) is 226 cm³/mol. The molecule has 304 valence electrons. The molecule has 2 unspecified atom stereocenters. The minimum atomic E-state index is -5.00. The second-order valence-electron chi connectivity index (χ2n) is 19.2. The summed E-state index contributed by atoms with van der Waals surface area (Å²) < 4.78 is 69.3. The quantitative estimate of drug-likeness (QED) is 0.0972. The summed E-state index contributed by atoms with van der Waals surface area (Å²) in [5.74, 6) is -1.40. The summed E-state index contributed by atoms with van der Waals surface area (Å²) in [5.41, 5.74) is 0.317. The van der Waals surface area contributed by atoms with E-state index < -0.39 is 48.3 Å². The summed E-state index contributed by atoms with van der Waals surface area (Å²) in [7, 11) is 0.